The lowest BCUT2D eigenvalue weighted by Gasteiger charge is -2.17. The molecule has 0 saturated carbocycles. The Hall–Kier alpha value is -0.870. The number of benzene rings is 1. The van der Waals surface area contributed by atoms with Crippen LogP contribution in [0.2, 0.25) is 0 Å². The molecule has 0 aliphatic carbocycles. The molecule has 1 atom stereocenters. The number of hydrogen-bond acceptors (Lipinski definition) is 2. The molecule has 17 heavy (non-hydrogen) atoms. The molecule has 0 aromatic heterocycles. The maximum atomic E-state index is 11.9. The van der Waals surface area contributed by atoms with Crippen LogP contribution in [0.4, 0.5) is 0 Å². The third-order valence-corrected chi connectivity index (χ3v) is 4.29. The largest absolute Gasteiger partial charge is 0.216 e. The van der Waals surface area contributed by atoms with Gasteiger partial charge in [0.15, 0.2) is 0 Å². The van der Waals surface area contributed by atoms with Gasteiger partial charge in [0, 0.05) is 6.04 Å². The quantitative estimate of drug-likeness (QED) is 0.878. The van der Waals surface area contributed by atoms with Crippen LogP contribution < -0.4 is 4.72 Å². The Morgan fingerprint density at radius 2 is 1.65 bits per heavy atom. The molecule has 4 heteroatoms. The summed E-state index contributed by atoms with van der Waals surface area (Å²) in [7, 11) is -3.24. The van der Waals surface area contributed by atoms with E-state index in [2.05, 4.69) is 4.72 Å². The van der Waals surface area contributed by atoms with E-state index in [1.54, 1.807) is 0 Å². The monoisotopic (exact) mass is 255 g/mol. The van der Waals surface area contributed by atoms with E-state index >= 15 is 0 Å². The smallest absolute Gasteiger partial charge is 0.212 e. The van der Waals surface area contributed by atoms with Crippen LogP contribution >= 0.6 is 0 Å². The average molecular weight is 255 g/mol. The molecule has 0 aliphatic heterocycles. The molecule has 1 aromatic carbocycles. The second-order valence-electron chi connectivity index (χ2n) is 4.90. The zero-order valence-electron chi connectivity index (χ0n) is 10.9. The van der Waals surface area contributed by atoms with Crippen LogP contribution in [-0.2, 0) is 15.8 Å². The van der Waals surface area contributed by atoms with Gasteiger partial charge in [0.05, 0.1) is 5.75 Å². The summed E-state index contributed by atoms with van der Waals surface area (Å²) in [6.07, 6.45) is 0. The molecule has 1 rings (SSSR count). The normalized spacial score (nSPS) is 13.9. The van der Waals surface area contributed by atoms with Crippen LogP contribution in [0, 0.1) is 12.8 Å². The molecular formula is C13H21NO2S. The third-order valence-electron chi connectivity index (χ3n) is 2.84. The Morgan fingerprint density at radius 1 is 1.12 bits per heavy atom. The van der Waals surface area contributed by atoms with E-state index in [9.17, 15) is 8.42 Å². The molecular weight excluding hydrogens is 234 g/mol. The van der Waals surface area contributed by atoms with Gasteiger partial charge in [-0.3, -0.25) is 0 Å². The molecule has 0 spiro atoms. The van der Waals surface area contributed by atoms with Crippen molar-refractivity contribution >= 4 is 10.0 Å². The van der Waals surface area contributed by atoms with Gasteiger partial charge < -0.3 is 0 Å². The Bertz CT molecular complexity index is 449. The maximum Gasteiger partial charge on any atom is 0.216 e. The van der Waals surface area contributed by atoms with Gasteiger partial charge in [-0.15, -0.1) is 0 Å². The van der Waals surface area contributed by atoms with E-state index in [4.69, 9.17) is 0 Å². The number of rotatable bonds is 5. The van der Waals surface area contributed by atoms with E-state index < -0.39 is 10.0 Å². The van der Waals surface area contributed by atoms with Crippen molar-refractivity contribution in [3.8, 4) is 0 Å². The molecule has 0 aliphatic rings. The summed E-state index contributed by atoms with van der Waals surface area (Å²) in [4.78, 5) is 0. The van der Waals surface area contributed by atoms with E-state index in [0.717, 1.165) is 11.1 Å². The van der Waals surface area contributed by atoms with Crippen molar-refractivity contribution < 1.29 is 8.42 Å². The van der Waals surface area contributed by atoms with Crippen molar-refractivity contribution in [3.05, 3.63) is 35.4 Å². The molecule has 96 valence electrons. The summed E-state index contributed by atoms with van der Waals surface area (Å²) in [5.41, 5.74) is 1.95. The maximum absolute atomic E-state index is 11.9. The first-order chi connectivity index (χ1) is 7.80. The van der Waals surface area contributed by atoms with E-state index in [0.29, 0.717) is 5.92 Å². The Kier molecular flexibility index (Phi) is 4.71. The number of hydrogen-bond donors (Lipinski definition) is 1. The Morgan fingerprint density at radius 3 is 2.12 bits per heavy atom. The molecule has 0 bridgehead atoms. The van der Waals surface area contributed by atoms with Gasteiger partial charge in [-0.05, 0) is 25.3 Å². The molecule has 1 aromatic rings. The van der Waals surface area contributed by atoms with E-state index in [1.807, 2.05) is 52.0 Å². The topological polar surface area (TPSA) is 46.2 Å². The van der Waals surface area contributed by atoms with Crippen LogP contribution in [-0.4, -0.2) is 14.5 Å². The fraction of sp³-hybridized carbons (Fsp3) is 0.538. The van der Waals surface area contributed by atoms with Crippen molar-refractivity contribution in [2.45, 2.75) is 39.5 Å². The van der Waals surface area contributed by atoms with Crippen LogP contribution in [0.15, 0.2) is 24.3 Å². The Labute approximate surface area is 104 Å². The van der Waals surface area contributed by atoms with Gasteiger partial charge in [0.2, 0.25) is 10.0 Å². The first-order valence-electron chi connectivity index (χ1n) is 5.86. The lowest BCUT2D eigenvalue weighted by Crippen LogP contribution is -2.36. The minimum Gasteiger partial charge on any atom is -0.212 e. The van der Waals surface area contributed by atoms with Crippen LogP contribution in [0.5, 0.6) is 0 Å². The molecule has 1 N–H and O–H groups in total. The van der Waals surface area contributed by atoms with Gasteiger partial charge in [-0.25, -0.2) is 13.1 Å². The summed E-state index contributed by atoms with van der Waals surface area (Å²) in [5.74, 6) is 0.340. The van der Waals surface area contributed by atoms with Crippen LogP contribution in [0.3, 0.4) is 0 Å². The van der Waals surface area contributed by atoms with Crippen molar-refractivity contribution in [2.75, 3.05) is 0 Å². The second-order valence-corrected chi connectivity index (χ2v) is 6.65. The van der Waals surface area contributed by atoms with E-state index in [1.165, 1.54) is 0 Å². The van der Waals surface area contributed by atoms with E-state index in [-0.39, 0.29) is 11.8 Å². The zero-order valence-corrected chi connectivity index (χ0v) is 11.7. The zero-order chi connectivity index (χ0) is 13.1. The number of nitrogens with one attached hydrogen (secondary N) is 1. The summed E-state index contributed by atoms with van der Waals surface area (Å²) in [6, 6.07) is 7.53. The van der Waals surface area contributed by atoms with Crippen molar-refractivity contribution in [1.29, 1.82) is 0 Å². The number of sulfonamides is 1. The summed E-state index contributed by atoms with van der Waals surface area (Å²) in [5, 5.41) is 0. The number of aryl methyl sites for hydroxylation is 1. The third kappa shape index (κ3) is 4.88. The minimum atomic E-state index is -3.24. The van der Waals surface area contributed by atoms with Crippen LogP contribution in [0.25, 0.3) is 0 Å². The highest BCUT2D eigenvalue weighted by molar-refractivity contribution is 7.88. The molecule has 0 unspecified atom stereocenters. The average Bonchev–Trinajstić information content (AvgIpc) is 2.20. The van der Waals surface area contributed by atoms with Gasteiger partial charge >= 0.3 is 0 Å². The second kappa shape index (κ2) is 5.65. The minimum absolute atomic E-state index is 0.0366. The van der Waals surface area contributed by atoms with Crippen molar-refractivity contribution in [3.63, 3.8) is 0 Å². The highest BCUT2D eigenvalue weighted by atomic mass is 32.2. The fourth-order valence-electron chi connectivity index (χ4n) is 1.36. The van der Waals surface area contributed by atoms with Crippen molar-refractivity contribution in [1.82, 2.24) is 4.72 Å². The fourth-order valence-corrected chi connectivity index (χ4v) is 2.92. The highest BCUT2D eigenvalue weighted by Crippen LogP contribution is 2.09. The van der Waals surface area contributed by atoms with Gasteiger partial charge in [0.25, 0.3) is 0 Å². The van der Waals surface area contributed by atoms with Gasteiger partial charge in [-0.2, -0.15) is 0 Å². The predicted molar refractivity (Wildman–Crippen MR) is 71.2 cm³/mol. The summed E-state index contributed by atoms with van der Waals surface area (Å²) < 4.78 is 26.5. The standard InChI is InChI=1S/C13H21NO2S/c1-10(2)12(4)14-17(15,16)9-13-7-5-11(3)6-8-13/h5-8,10,12,14H,9H2,1-4H3/t12-/m0/s1. The first-order valence-corrected chi connectivity index (χ1v) is 7.51. The molecule has 0 radical (unpaired) electrons. The lowest BCUT2D eigenvalue weighted by molar-refractivity contribution is 0.476. The lowest BCUT2D eigenvalue weighted by atomic mass is 10.1. The summed E-state index contributed by atoms with van der Waals surface area (Å²) >= 11 is 0. The summed E-state index contributed by atoms with van der Waals surface area (Å²) in [6.45, 7) is 7.87. The SMILES string of the molecule is Cc1ccc(CS(=O)(=O)N[C@@H](C)C(C)C)cc1. The van der Waals surface area contributed by atoms with Gasteiger partial charge in [0.1, 0.15) is 0 Å². The highest BCUT2D eigenvalue weighted by Gasteiger charge is 2.17. The van der Waals surface area contributed by atoms with Crippen LogP contribution in [0.1, 0.15) is 31.9 Å². The molecule has 0 saturated heterocycles. The Balaban J connectivity index is 2.70. The van der Waals surface area contributed by atoms with Gasteiger partial charge in [-0.1, -0.05) is 43.7 Å². The predicted octanol–water partition coefficient (Wildman–Crippen LogP) is 2.46. The molecule has 0 fully saturated rings. The first kappa shape index (κ1) is 14.2. The molecule has 3 nitrogen and oxygen atoms in total. The molecule has 0 heterocycles. The van der Waals surface area contributed by atoms with Crippen molar-refractivity contribution in [2.24, 2.45) is 5.92 Å². The molecule has 0 amide bonds.